The largest absolute Gasteiger partial charge is 0.495 e. The normalized spacial score (nSPS) is 17.3. The fourth-order valence-electron chi connectivity index (χ4n) is 2.42. The minimum atomic E-state index is -3.61. The van der Waals surface area contributed by atoms with E-state index in [1.807, 2.05) is 0 Å². The molecule has 0 bridgehead atoms. The molecule has 0 atom stereocenters. The molecule has 116 valence electrons. The molecular weight excluding hydrogens is 292 g/mol. The second kappa shape index (κ2) is 6.44. The highest BCUT2D eigenvalue weighted by Gasteiger charge is 2.29. The zero-order valence-corrected chi connectivity index (χ0v) is 13.1. The lowest BCUT2D eigenvalue weighted by atomic mass is 10.3. The lowest BCUT2D eigenvalue weighted by molar-refractivity contribution is -0.128. The number of amides is 1. The Labute approximate surface area is 125 Å². The van der Waals surface area contributed by atoms with Crippen LogP contribution in [0.1, 0.15) is 13.3 Å². The van der Waals surface area contributed by atoms with Crippen LogP contribution in [0.2, 0.25) is 0 Å². The molecule has 6 nitrogen and oxygen atoms in total. The number of carbonyl (C=O) groups is 1. The van der Waals surface area contributed by atoms with Gasteiger partial charge in [-0.15, -0.1) is 0 Å². The first kappa shape index (κ1) is 15.8. The van der Waals surface area contributed by atoms with E-state index in [0.717, 1.165) is 0 Å². The number of sulfonamides is 1. The van der Waals surface area contributed by atoms with Crippen molar-refractivity contribution in [3.05, 3.63) is 24.3 Å². The number of rotatable bonds is 3. The van der Waals surface area contributed by atoms with Crippen molar-refractivity contribution < 1.29 is 17.9 Å². The maximum Gasteiger partial charge on any atom is 0.246 e. The SMILES string of the molecule is COc1ccccc1S(=O)(=O)N1CCCN(C(C)=O)CC1. The summed E-state index contributed by atoms with van der Waals surface area (Å²) in [4.78, 5) is 13.3. The van der Waals surface area contributed by atoms with Crippen molar-refractivity contribution in [2.24, 2.45) is 0 Å². The summed E-state index contributed by atoms with van der Waals surface area (Å²) >= 11 is 0. The van der Waals surface area contributed by atoms with Gasteiger partial charge < -0.3 is 9.64 Å². The van der Waals surface area contributed by atoms with Gasteiger partial charge in [0, 0.05) is 33.1 Å². The van der Waals surface area contributed by atoms with E-state index in [2.05, 4.69) is 0 Å². The lowest BCUT2D eigenvalue weighted by Gasteiger charge is -2.22. The molecule has 0 aliphatic carbocycles. The Bertz CT molecular complexity index is 615. The first-order valence-corrected chi connectivity index (χ1v) is 8.29. The van der Waals surface area contributed by atoms with Crippen LogP contribution in [0.3, 0.4) is 0 Å². The second-order valence-corrected chi connectivity index (χ2v) is 6.82. The van der Waals surface area contributed by atoms with E-state index in [9.17, 15) is 13.2 Å². The van der Waals surface area contributed by atoms with Crippen LogP contribution in [-0.4, -0.2) is 56.8 Å². The summed E-state index contributed by atoms with van der Waals surface area (Å²) in [5, 5.41) is 0. The van der Waals surface area contributed by atoms with Gasteiger partial charge in [0.25, 0.3) is 0 Å². The molecule has 1 aromatic carbocycles. The minimum Gasteiger partial charge on any atom is -0.495 e. The van der Waals surface area contributed by atoms with Gasteiger partial charge in [-0.25, -0.2) is 8.42 Å². The topological polar surface area (TPSA) is 66.9 Å². The molecule has 1 aliphatic heterocycles. The van der Waals surface area contributed by atoms with E-state index in [1.165, 1.54) is 18.3 Å². The van der Waals surface area contributed by atoms with Crippen LogP contribution in [-0.2, 0) is 14.8 Å². The van der Waals surface area contributed by atoms with Crippen LogP contribution in [0.5, 0.6) is 5.75 Å². The van der Waals surface area contributed by atoms with Crippen LogP contribution < -0.4 is 4.74 Å². The average molecular weight is 312 g/mol. The quantitative estimate of drug-likeness (QED) is 0.833. The number of carbonyl (C=O) groups excluding carboxylic acids is 1. The monoisotopic (exact) mass is 312 g/mol. The molecular formula is C14H20N2O4S. The fourth-order valence-corrected chi connectivity index (χ4v) is 4.05. The van der Waals surface area contributed by atoms with Crippen LogP contribution in [0.25, 0.3) is 0 Å². The van der Waals surface area contributed by atoms with Gasteiger partial charge in [-0.05, 0) is 18.6 Å². The molecule has 21 heavy (non-hydrogen) atoms. The molecule has 1 saturated heterocycles. The summed E-state index contributed by atoms with van der Waals surface area (Å²) in [6, 6.07) is 6.58. The van der Waals surface area contributed by atoms with Gasteiger partial charge in [0.1, 0.15) is 10.6 Å². The smallest absolute Gasteiger partial charge is 0.246 e. The van der Waals surface area contributed by atoms with Gasteiger partial charge >= 0.3 is 0 Å². The van der Waals surface area contributed by atoms with E-state index in [4.69, 9.17) is 4.74 Å². The number of hydrogen-bond donors (Lipinski definition) is 0. The van der Waals surface area contributed by atoms with Crippen molar-refractivity contribution >= 4 is 15.9 Å². The van der Waals surface area contributed by atoms with Gasteiger partial charge in [0.2, 0.25) is 15.9 Å². The Hall–Kier alpha value is -1.60. The third-order valence-corrected chi connectivity index (χ3v) is 5.53. The van der Waals surface area contributed by atoms with E-state index in [1.54, 1.807) is 29.2 Å². The Morgan fingerprint density at radius 3 is 2.52 bits per heavy atom. The highest BCUT2D eigenvalue weighted by atomic mass is 32.2. The summed E-state index contributed by atoms with van der Waals surface area (Å²) in [7, 11) is -2.15. The molecule has 1 fully saturated rings. The number of methoxy groups -OCH3 is 1. The van der Waals surface area contributed by atoms with Crippen LogP contribution >= 0.6 is 0 Å². The summed E-state index contributed by atoms with van der Waals surface area (Å²) in [5.41, 5.74) is 0. The second-order valence-electron chi connectivity index (χ2n) is 4.91. The van der Waals surface area contributed by atoms with Crippen LogP contribution in [0.15, 0.2) is 29.2 Å². The summed E-state index contributed by atoms with van der Waals surface area (Å²) < 4.78 is 32.0. The Morgan fingerprint density at radius 2 is 1.86 bits per heavy atom. The molecule has 1 aromatic rings. The van der Waals surface area contributed by atoms with E-state index < -0.39 is 10.0 Å². The van der Waals surface area contributed by atoms with Gasteiger partial charge in [-0.1, -0.05) is 12.1 Å². The minimum absolute atomic E-state index is 0.0217. The molecule has 1 amide bonds. The zero-order valence-electron chi connectivity index (χ0n) is 12.3. The maximum atomic E-state index is 12.7. The van der Waals surface area contributed by atoms with E-state index in [0.29, 0.717) is 38.3 Å². The summed E-state index contributed by atoms with van der Waals surface area (Å²) in [6.07, 6.45) is 0.633. The van der Waals surface area contributed by atoms with Gasteiger partial charge in [0.15, 0.2) is 0 Å². The standard InChI is InChI=1S/C14H20N2O4S/c1-12(17)15-8-5-9-16(11-10-15)21(18,19)14-7-4-3-6-13(14)20-2/h3-4,6-7H,5,8-11H2,1-2H3. The predicted molar refractivity (Wildman–Crippen MR) is 78.6 cm³/mol. The van der Waals surface area contributed by atoms with Crippen LogP contribution in [0.4, 0.5) is 0 Å². The molecule has 0 aromatic heterocycles. The van der Waals surface area contributed by atoms with E-state index >= 15 is 0 Å². The van der Waals surface area contributed by atoms with Crippen molar-refractivity contribution in [1.82, 2.24) is 9.21 Å². The number of nitrogens with zero attached hydrogens (tertiary/aromatic N) is 2. The Kier molecular flexibility index (Phi) is 4.84. The molecule has 1 heterocycles. The molecule has 0 unspecified atom stereocenters. The molecule has 0 saturated carbocycles. The highest BCUT2D eigenvalue weighted by Crippen LogP contribution is 2.26. The number of benzene rings is 1. The van der Waals surface area contributed by atoms with Gasteiger partial charge in [-0.2, -0.15) is 4.31 Å². The lowest BCUT2D eigenvalue weighted by Crippen LogP contribution is -2.36. The van der Waals surface area contributed by atoms with Crippen molar-refractivity contribution in [3.8, 4) is 5.75 Å². The number of ether oxygens (including phenoxy) is 1. The summed E-state index contributed by atoms with van der Waals surface area (Å²) in [6.45, 7) is 3.23. The third-order valence-electron chi connectivity index (χ3n) is 3.59. The first-order valence-electron chi connectivity index (χ1n) is 6.85. The Morgan fingerprint density at radius 1 is 1.14 bits per heavy atom. The Balaban J connectivity index is 2.25. The molecule has 0 N–H and O–H groups in total. The van der Waals surface area contributed by atoms with Crippen molar-refractivity contribution in [1.29, 1.82) is 0 Å². The predicted octanol–water partition coefficient (Wildman–Crippen LogP) is 0.938. The molecule has 1 aliphatic rings. The van der Waals surface area contributed by atoms with Crippen LogP contribution in [0, 0.1) is 0 Å². The van der Waals surface area contributed by atoms with E-state index in [-0.39, 0.29) is 10.8 Å². The molecule has 7 heteroatoms. The van der Waals surface area contributed by atoms with Crippen molar-refractivity contribution in [2.75, 3.05) is 33.3 Å². The van der Waals surface area contributed by atoms with Crippen molar-refractivity contribution in [2.45, 2.75) is 18.2 Å². The third kappa shape index (κ3) is 3.36. The average Bonchev–Trinajstić information content (AvgIpc) is 2.73. The number of para-hydroxylation sites is 1. The molecule has 0 spiro atoms. The fraction of sp³-hybridized carbons (Fsp3) is 0.500. The summed E-state index contributed by atoms with van der Waals surface area (Å²) in [5.74, 6) is 0.316. The molecule has 0 radical (unpaired) electrons. The maximum absolute atomic E-state index is 12.7. The highest BCUT2D eigenvalue weighted by molar-refractivity contribution is 7.89. The van der Waals surface area contributed by atoms with Gasteiger partial charge in [0.05, 0.1) is 7.11 Å². The molecule has 2 rings (SSSR count). The van der Waals surface area contributed by atoms with Crippen molar-refractivity contribution in [3.63, 3.8) is 0 Å². The zero-order chi connectivity index (χ0) is 15.5. The number of hydrogen-bond acceptors (Lipinski definition) is 4. The first-order chi connectivity index (χ1) is 9.96. The van der Waals surface area contributed by atoms with Gasteiger partial charge in [-0.3, -0.25) is 4.79 Å².